The Bertz CT molecular complexity index is 527. The molecule has 0 spiro atoms. The van der Waals surface area contributed by atoms with E-state index in [0.29, 0.717) is 0 Å². The zero-order valence-corrected chi connectivity index (χ0v) is 10.4. The van der Waals surface area contributed by atoms with Crippen LogP contribution < -0.4 is 0 Å². The molecule has 80 valence electrons. The minimum Gasteiger partial charge on any atom is -0.329 e. The Morgan fingerprint density at radius 3 is 3.13 bits per heavy atom. The Labute approximate surface area is 97.9 Å². The first-order chi connectivity index (χ1) is 7.22. The van der Waals surface area contributed by atoms with Gasteiger partial charge in [0.2, 0.25) is 0 Å². The number of H-pyrrole nitrogens is 1. The fraction of sp³-hybridized carbons (Fsp3) is 0.400. The minimum atomic E-state index is 0.761. The molecule has 15 heavy (non-hydrogen) atoms. The number of pyridine rings is 1. The topological polar surface area (TPSA) is 33.6 Å². The van der Waals surface area contributed by atoms with Gasteiger partial charge in [-0.15, -0.1) is 0 Å². The first-order valence-electron chi connectivity index (χ1n) is 4.76. The van der Waals surface area contributed by atoms with Crippen molar-refractivity contribution in [2.24, 2.45) is 0 Å². The van der Waals surface area contributed by atoms with Crippen LogP contribution in [0.3, 0.4) is 0 Å². The first kappa shape index (κ1) is 10.7. The first-order valence-corrected chi connectivity index (χ1v) is 6.56. The summed E-state index contributed by atoms with van der Waals surface area (Å²) < 4.78 is 2.82. The molecular weight excluding hydrogens is 226 g/mol. The van der Waals surface area contributed by atoms with Crippen LogP contribution >= 0.6 is 24.0 Å². The Kier molecular flexibility index (Phi) is 3.11. The highest BCUT2D eigenvalue weighted by molar-refractivity contribution is 7.98. The number of aromatic amines is 1. The molecule has 0 aromatic carbocycles. The Morgan fingerprint density at radius 2 is 2.40 bits per heavy atom. The molecule has 2 heterocycles. The van der Waals surface area contributed by atoms with Crippen molar-refractivity contribution in [3.8, 4) is 0 Å². The molecule has 0 fully saturated rings. The summed E-state index contributed by atoms with van der Waals surface area (Å²) in [5, 5.41) is 0. The number of hydrogen-bond donors (Lipinski definition) is 1. The van der Waals surface area contributed by atoms with Crippen LogP contribution in [0.2, 0.25) is 0 Å². The van der Waals surface area contributed by atoms with Crippen LogP contribution in [0.15, 0.2) is 12.3 Å². The molecule has 0 atom stereocenters. The van der Waals surface area contributed by atoms with Crippen molar-refractivity contribution < 1.29 is 0 Å². The van der Waals surface area contributed by atoms with E-state index >= 15 is 0 Å². The van der Waals surface area contributed by atoms with Gasteiger partial charge >= 0.3 is 0 Å². The summed E-state index contributed by atoms with van der Waals surface area (Å²) in [7, 11) is 0. The summed E-state index contributed by atoms with van der Waals surface area (Å²) in [6, 6.07) is 2.08. The normalized spacial score (nSPS) is 11.1. The van der Waals surface area contributed by atoms with E-state index in [1.54, 1.807) is 0 Å². The highest BCUT2D eigenvalue weighted by Gasteiger charge is 2.04. The quantitative estimate of drug-likeness (QED) is 0.836. The van der Waals surface area contributed by atoms with Gasteiger partial charge in [0.15, 0.2) is 10.4 Å². The molecule has 0 aliphatic heterocycles. The number of thioether (sulfide) groups is 1. The van der Waals surface area contributed by atoms with Crippen LogP contribution in [-0.2, 0) is 6.54 Å². The molecule has 0 aliphatic carbocycles. The second-order valence-electron chi connectivity index (χ2n) is 3.46. The highest BCUT2D eigenvalue weighted by atomic mass is 32.2. The summed E-state index contributed by atoms with van der Waals surface area (Å²) in [5.74, 6) is 1.05. The molecule has 0 radical (unpaired) electrons. The van der Waals surface area contributed by atoms with E-state index < -0.39 is 0 Å². The Balaban J connectivity index is 2.53. The predicted octanol–water partition coefficient (Wildman–Crippen LogP) is 2.77. The molecule has 0 saturated carbocycles. The van der Waals surface area contributed by atoms with Gasteiger partial charge in [-0.2, -0.15) is 11.8 Å². The van der Waals surface area contributed by atoms with Crippen LogP contribution in [-0.4, -0.2) is 26.5 Å². The molecule has 1 N–H and O–H groups in total. The Morgan fingerprint density at radius 1 is 1.60 bits per heavy atom. The van der Waals surface area contributed by atoms with Gasteiger partial charge in [0.25, 0.3) is 0 Å². The average Bonchev–Trinajstić information content (AvgIpc) is 2.50. The molecule has 3 nitrogen and oxygen atoms in total. The van der Waals surface area contributed by atoms with Gasteiger partial charge in [-0.25, -0.2) is 4.98 Å². The lowest BCUT2D eigenvalue weighted by Crippen LogP contribution is -2.01. The van der Waals surface area contributed by atoms with Crippen molar-refractivity contribution in [3.05, 3.63) is 22.6 Å². The molecule has 0 amide bonds. The maximum absolute atomic E-state index is 5.27. The van der Waals surface area contributed by atoms with Gasteiger partial charge in [0.1, 0.15) is 0 Å². The SMILES string of the molecule is CSCCn1c(=S)[nH]c2cc(C)cnc21. The molecule has 2 rings (SSSR count). The van der Waals surface area contributed by atoms with Crippen LogP contribution in [0.4, 0.5) is 0 Å². The average molecular weight is 239 g/mol. The van der Waals surface area contributed by atoms with Crippen molar-refractivity contribution >= 4 is 35.1 Å². The summed E-state index contributed by atoms with van der Waals surface area (Å²) in [4.78, 5) is 7.59. The molecule has 0 bridgehead atoms. The Hall–Kier alpha value is -0.810. The lowest BCUT2D eigenvalue weighted by molar-refractivity contribution is 0.775. The van der Waals surface area contributed by atoms with Gasteiger partial charge in [0.05, 0.1) is 5.52 Å². The van der Waals surface area contributed by atoms with Crippen molar-refractivity contribution in [2.75, 3.05) is 12.0 Å². The zero-order valence-electron chi connectivity index (χ0n) is 8.78. The number of imidazole rings is 1. The summed E-state index contributed by atoms with van der Waals surface area (Å²) >= 11 is 7.08. The number of nitrogens with zero attached hydrogens (tertiary/aromatic N) is 2. The van der Waals surface area contributed by atoms with Crippen LogP contribution in [0.5, 0.6) is 0 Å². The van der Waals surface area contributed by atoms with Crippen molar-refractivity contribution in [3.63, 3.8) is 0 Å². The molecule has 2 aromatic heterocycles. The van der Waals surface area contributed by atoms with Gasteiger partial charge in [-0.1, -0.05) is 0 Å². The van der Waals surface area contributed by atoms with E-state index in [0.717, 1.165) is 33.8 Å². The maximum atomic E-state index is 5.27. The summed E-state index contributed by atoms with van der Waals surface area (Å²) in [5.41, 5.74) is 3.14. The van der Waals surface area contributed by atoms with Crippen LogP contribution in [0.1, 0.15) is 5.56 Å². The van der Waals surface area contributed by atoms with Crippen molar-refractivity contribution in [1.29, 1.82) is 0 Å². The molecular formula is C10H13N3S2. The van der Waals surface area contributed by atoms with Gasteiger partial charge in [-0.3, -0.25) is 0 Å². The monoisotopic (exact) mass is 239 g/mol. The molecule has 0 saturated heterocycles. The maximum Gasteiger partial charge on any atom is 0.179 e. The van der Waals surface area contributed by atoms with E-state index in [9.17, 15) is 0 Å². The van der Waals surface area contributed by atoms with Crippen molar-refractivity contribution in [1.82, 2.24) is 14.5 Å². The summed E-state index contributed by atoms with van der Waals surface area (Å²) in [6.07, 6.45) is 3.97. The van der Waals surface area contributed by atoms with E-state index in [4.69, 9.17) is 12.2 Å². The van der Waals surface area contributed by atoms with Crippen LogP contribution in [0.25, 0.3) is 11.2 Å². The van der Waals surface area contributed by atoms with E-state index in [1.807, 2.05) is 24.9 Å². The third-order valence-corrected chi connectivity index (χ3v) is 3.18. The molecule has 0 unspecified atom stereocenters. The predicted molar refractivity (Wildman–Crippen MR) is 68.0 cm³/mol. The molecule has 0 aliphatic rings. The highest BCUT2D eigenvalue weighted by Crippen LogP contribution is 2.13. The standard InChI is InChI=1S/C10H13N3S2/c1-7-5-8-9(11-6-7)13(3-4-15-2)10(14)12-8/h5-6H,3-4H2,1-2H3,(H,12,14). The lowest BCUT2D eigenvalue weighted by atomic mass is 10.3. The van der Waals surface area contributed by atoms with E-state index in [-0.39, 0.29) is 0 Å². The van der Waals surface area contributed by atoms with Gasteiger partial charge in [-0.05, 0) is 37.0 Å². The fourth-order valence-corrected chi connectivity index (χ4v) is 2.19. The fourth-order valence-electron chi connectivity index (χ4n) is 1.54. The van der Waals surface area contributed by atoms with Gasteiger partial charge < -0.3 is 9.55 Å². The smallest absolute Gasteiger partial charge is 0.179 e. The number of rotatable bonds is 3. The van der Waals surface area contributed by atoms with E-state index in [1.165, 1.54) is 0 Å². The number of aryl methyl sites for hydroxylation is 2. The number of nitrogens with one attached hydrogen (secondary N) is 1. The third-order valence-electron chi connectivity index (χ3n) is 2.26. The van der Waals surface area contributed by atoms with Crippen molar-refractivity contribution in [2.45, 2.75) is 13.5 Å². The third kappa shape index (κ3) is 2.08. The second-order valence-corrected chi connectivity index (χ2v) is 4.83. The molecule has 2 aromatic rings. The number of fused-ring (bicyclic) bond motifs is 1. The lowest BCUT2D eigenvalue weighted by Gasteiger charge is -2.01. The largest absolute Gasteiger partial charge is 0.329 e. The van der Waals surface area contributed by atoms with Gasteiger partial charge in [0, 0.05) is 18.5 Å². The molecule has 5 heteroatoms. The zero-order chi connectivity index (χ0) is 10.8. The minimum absolute atomic E-state index is 0.761. The summed E-state index contributed by atoms with van der Waals surface area (Å²) in [6.45, 7) is 2.94. The second kappa shape index (κ2) is 4.37. The number of aromatic nitrogens is 3. The van der Waals surface area contributed by atoms with Crippen LogP contribution in [0, 0.1) is 11.7 Å². The van der Waals surface area contributed by atoms with E-state index in [2.05, 4.69) is 26.9 Å². The number of hydrogen-bond acceptors (Lipinski definition) is 3.